The van der Waals surface area contributed by atoms with Crippen molar-refractivity contribution < 1.29 is 9.31 Å². The molecule has 0 spiro atoms. The highest BCUT2D eigenvalue weighted by Crippen LogP contribution is 2.37. The lowest BCUT2D eigenvalue weighted by atomic mass is 9.77. The van der Waals surface area contributed by atoms with Crippen LogP contribution in [0.4, 0.5) is 11.6 Å². The SMILES string of the molecule is Brc1cc(Br)c2ccccc2n1.Brc1cc(NCCN2CCCC2)nc2ccccc12.CC1(C)OB(c2cc(NCCN3CCCC3)nc3ccccc23)OC1(C)C. The average molecular weight is 974 g/mol. The van der Waals surface area contributed by atoms with Crippen LogP contribution in [0.1, 0.15) is 53.4 Å². The number of anilines is 2. The Morgan fingerprint density at radius 3 is 1.50 bits per heavy atom. The Balaban J connectivity index is 0.000000143. The Morgan fingerprint density at radius 2 is 0.983 bits per heavy atom. The number of pyridine rings is 3. The molecule has 0 amide bonds. The van der Waals surface area contributed by atoms with Gasteiger partial charge in [-0.2, -0.15) is 0 Å². The highest BCUT2D eigenvalue weighted by atomic mass is 79.9. The first-order chi connectivity index (χ1) is 28.0. The summed E-state index contributed by atoms with van der Waals surface area (Å²) >= 11 is 10.4. The Bertz CT molecular complexity index is 2300. The molecule has 3 aromatic carbocycles. The number of likely N-dealkylation sites (tertiary alicyclic amines) is 2. The van der Waals surface area contributed by atoms with Gasteiger partial charge in [0, 0.05) is 51.3 Å². The van der Waals surface area contributed by atoms with E-state index in [4.69, 9.17) is 14.3 Å². The molecule has 6 aromatic rings. The van der Waals surface area contributed by atoms with Crippen molar-refractivity contribution in [2.45, 2.75) is 64.6 Å². The molecule has 9 nitrogen and oxygen atoms in total. The maximum Gasteiger partial charge on any atom is 0.495 e. The molecule has 6 heterocycles. The molecule has 0 radical (unpaired) electrons. The zero-order valence-corrected chi connectivity index (χ0v) is 38.7. The van der Waals surface area contributed by atoms with Crippen LogP contribution < -0.4 is 16.1 Å². The predicted octanol–water partition coefficient (Wildman–Crippen LogP) is 10.3. The van der Waals surface area contributed by atoms with E-state index >= 15 is 0 Å². The number of halogens is 3. The van der Waals surface area contributed by atoms with E-state index < -0.39 is 0 Å². The number of rotatable bonds is 9. The summed E-state index contributed by atoms with van der Waals surface area (Å²) in [7, 11) is -0.387. The van der Waals surface area contributed by atoms with Gasteiger partial charge in [0.25, 0.3) is 0 Å². The van der Waals surface area contributed by atoms with Gasteiger partial charge >= 0.3 is 7.12 Å². The molecule has 58 heavy (non-hydrogen) atoms. The zero-order chi connectivity index (χ0) is 40.7. The van der Waals surface area contributed by atoms with Crippen LogP contribution in [0.5, 0.6) is 0 Å². The summed E-state index contributed by atoms with van der Waals surface area (Å²) in [6.07, 6.45) is 5.33. The Labute approximate surface area is 368 Å². The monoisotopic (exact) mass is 971 g/mol. The number of nitrogens with zero attached hydrogens (tertiary/aromatic N) is 5. The van der Waals surface area contributed by atoms with E-state index in [-0.39, 0.29) is 18.3 Å². The third-order valence-corrected chi connectivity index (χ3v) is 13.1. The molecule has 3 saturated heterocycles. The molecule has 13 heteroatoms. The minimum absolute atomic E-state index is 0.356. The van der Waals surface area contributed by atoms with Crippen LogP contribution in [0.15, 0.2) is 105 Å². The van der Waals surface area contributed by atoms with Crippen molar-refractivity contribution in [1.82, 2.24) is 24.8 Å². The number of para-hydroxylation sites is 3. The molecule has 9 rings (SSSR count). The van der Waals surface area contributed by atoms with Crippen molar-refractivity contribution in [3.63, 3.8) is 0 Å². The summed E-state index contributed by atoms with van der Waals surface area (Å²) in [5.74, 6) is 1.84. The molecule has 3 aliphatic rings. The number of hydrogen-bond acceptors (Lipinski definition) is 9. The smallest absolute Gasteiger partial charge is 0.399 e. The fraction of sp³-hybridized carbons (Fsp3) is 0.400. The van der Waals surface area contributed by atoms with Gasteiger partial charge in [-0.25, -0.2) is 15.0 Å². The van der Waals surface area contributed by atoms with Crippen molar-refractivity contribution in [1.29, 1.82) is 0 Å². The van der Waals surface area contributed by atoms with Gasteiger partial charge in [-0.15, -0.1) is 0 Å². The fourth-order valence-corrected chi connectivity index (χ4v) is 9.31. The molecule has 0 bridgehead atoms. The van der Waals surface area contributed by atoms with E-state index in [2.05, 4.69) is 136 Å². The van der Waals surface area contributed by atoms with Gasteiger partial charge in [-0.3, -0.25) is 0 Å². The zero-order valence-electron chi connectivity index (χ0n) is 33.9. The van der Waals surface area contributed by atoms with E-state index in [1.165, 1.54) is 51.9 Å². The van der Waals surface area contributed by atoms with Crippen LogP contribution in [0.2, 0.25) is 0 Å². The van der Waals surface area contributed by atoms with Crippen LogP contribution >= 0.6 is 47.8 Å². The van der Waals surface area contributed by atoms with E-state index in [1.54, 1.807) is 0 Å². The fourth-order valence-electron chi connectivity index (χ4n) is 7.48. The standard InChI is InChI=1S/C21H30BN3O2.C15H18BrN3.C9H5Br2N/c1-20(2)21(3,4)27-22(26-20)17-15-19(23-11-14-25-12-7-8-13-25)24-18-10-6-5-9-16(17)18;16-13-11-15(17-7-10-19-8-3-4-9-19)18-14-6-2-1-5-12(13)14;10-7-5-9(11)12-8-4-2-1-3-6(7)8/h5-6,9-10,15H,7-8,11-14H2,1-4H3,(H,23,24);1-2,5-6,11H,3-4,7-10H2,(H,17,18);1-5H. The molecule has 0 unspecified atom stereocenters. The molecule has 0 saturated carbocycles. The lowest BCUT2D eigenvalue weighted by Gasteiger charge is -2.32. The summed E-state index contributed by atoms with van der Waals surface area (Å²) in [6.45, 7) is 17.3. The van der Waals surface area contributed by atoms with Gasteiger partial charge in [0.15, 0.2) is 0 Å². The van der Waals surface area contributed by atoms with Gasteiger partial charge in [0.2, 0.25) is 0 Å². The second-order valence-electron chi connectivity index (χ2n) is 16.1. The first-order valence-electron chi connectivity index (χ1n) is 20.4. The van der Waals surface area contributed by atoms with Crippen LogP contribution in [-0.2, 0) is 9.31 Å². The highest BCUT2D eigenvalue weighted by Gasteiger charge is 2.52. The number of hydrogen-bond donors (Lipinski definition) is 2. The lowest BCUT2D eigenvalue weighted by molar-refractivity contribution is 0.00578. The van der Waals surface area contributed by atoms with Crippen molar-refractivity contribution in [3.05, 3.63) is 105 Å². The Hall–Kier alpha value is -3.17. The Kier molecular flexibility index (Phi) is 14.4. The first kappa shape index (κ1) is 42.9. The molecular weight excluding hydrogens is 921 g/mol. The number of benzene rings is 3. The topological polar surface area (TPSA) is 87.7 Å². The molecule has 3 aliphatic heterocycles. The quantitative estimate of drug-likeness (QED) is 0.109. The summed E-state index contributed by atoms with van der Waals surface area (Å²) in [5.41, 5.74) is 3.33. The molecule has 0 atom stereocenters. The van der Waals surface area contributed by atoms with Crippen molar-refractivity contribution >= 4 is 105 Å². The molecule has 3 fully saturated rings. The molecule has 304 valence electrons. The third kappa shape index (κ3) is 10.8. The largest absolute Gasteiger partial charge is 0.495 e. The highest BCUT2D eigenvalue weighted by molar-refractivity contribution is 9.11. The third-order valence-electron chi connectivity index (χ3n) is 11.4. The number of aromatic nitrogens is 3. The van der Waals surface area contributed by atoms with E-state index in [1.807, 2.05) is 60.7 Å². The van der Waals surface area contributed by atoms with Gasteiger partial charge in [-0.1, -0.05) is 54.6 Å². The predicted molar refractivity (Wildman–Crippen MR) is 252 cm³/mol. The number of nitrogens with one attached hydrogen (secondary N) is 2. The van der Waals surface area contributed by atoms with Crippen molar-refractivity contribution in [3.8, 4) is 0 Å². The summed E-state index contributed by atoms with van der Waals surface area (Å²) in [4.78, 5) is 18.8. The van der Waals surface area contributed by atoms with Crippen molar-refractivity contribution in [2.75, 3.05) is 63.0 Å². The average Bonchev–Trinajstić information content (AvgIpc) is 3.97. The summed E-state index contributed by atoms with van der Waals surface area (Å²) < 4.78 is 15.6. The van der Waals surface area contributed by atoms with E-state index in [0.717, 1.165) is 89.5 Å². The molecule has 3 aromatic heterocycles. The van der Waals surface area contributed by atoms with Gasteiger partial charge in [0.05, 0.1) is 27.8 Å². The van der Waals surface area contributed by atoms with E-state index in [9.17, 15) is 0 Å². The van der Waals surface area contributed by atoms with Crippen LogP contribution in [-0.4, -0.2) is 95.4 Å². The minimum atomic E-state index is -0.387. The number of fused-ring (bicyclic) bond motifs is 3. The maximum atomic E-state index is 6.31. The summed E-state index contributed by atoms with van der Waals surface area (Å²) in [5, 5.41) is 10.3. The van der Waals surface area contributed by atoms with Gasteiger partial charge in [-0.05, 0) is 169 Å². The minimum Gasteiger partial charge on any atom is -0.399 e. The van der Waals surface area contributed by atoms with Gasteiger partial charge in [0.1, 0.15) is 16.2 Å². The van der Waals surface area contributed by atoms with Gasteiger partial charge < -0.3 is 29.7 Å². The van der Waals surface area contributed by atoms with Crippen LogP contribution in [0.3, 0.4) is 0 Å². The molecule has 2 N–H and O–H groups in total. The lowest BCUT2D eigenvalue weighted by Crippen LogP contribution is -2.41. The maximum absolute atomic E-state index is 6.31. The molecular formula is C45H53BBr3N7O2. The van der Waals surface area contributed by atoms with Crippen molar-refractivity contribution in [2.24, 2.45) is 0 Å². The van der Waals surface area contributed by atoms with E-state index in [0.29, 0.717) is 0 Å². The summed E-state index contributed by atoms with van der Waals surface area (Å²) in [6, 6.07) is 30.5. The second-order valence-corrected chi connectivity index (χ2v) is 18.6. The van der Waals surface area contributed by atoms with Crippen LogP contribution in [0.25, 0.3) is 32.7 Å². The normalized spacial score (nSPS) is 17.6. The Morgan fingerprint density at radius 1 is 0.569 bits per heavy atom. The first-order valence-corrected chi connectivity index (χ1v) is 22.8. The second kappa shape index (κ2) is 19.5. The molecule has 0 aliphatic carbocycles. The van der Waals surface area contributed by atoms with Crippen LogP contribution in [0, 0.1) is 0 Å².